The topological polar surface area (TPSA) is 98.7 Å². The second-order valence-corrected chi connectivity index (χ2v) is 8.47. The van der Waals surface area contributed by atoms with Crippen molar-refractivity contribution in [2.45, 2.75) is 79.1 Å². The van der Waals surface area contributed by atoms with Crippen LogP contribution in [0.25, 0.3) is 0 Å². The minimum absolute atomic E-state index is 0.0329. The number of hydrogen-bond donors (Lipinski definition) is 0. The third-order valence-electron chi connectivity index (χ3n) is 5.21. The summed E-state index contributed by atoms with van der Waals surface area (Å²) in [6.45, 7) is 8.96. The molecule has 0 amide bonds. The van der Waals surface area contributed by atoms with Gasteiger partial charge in [0.1, 0.15) is 0 Å². The molecule has 1 heterocycles. The van der Waals surface area contributed by atoms with E-state index in [-0.39, 0.29) is 33.1 Å². The first-order valence-corrected chi connectivity index (χ1v) is 11.6. The smallest absolute Gasteiger partial charge is 0.181 e. The van der Waals surface area contributed by atoms with Crippen LogP contribution in [0, 0.1) is 11.8 Å². The van der Waals surface area contributed by atoms with Crippen LogP contribution in [-0.2, 0) is 0 Å². The quantitative estimate of drug-likeness (QED) is 0.400. The Bertz CT molecular complexity index is 587. The zero-order chi connectivity index (χ0) is 21.8. The molecule has 0 unspecified atom stereocenters. The molecular weight excluding hydrogens is 392 g/mol. The third-order valence-corrected chi connectivity index (χ3v) is 6.32. The molecule has 0 saturated carbocycles. The highest BCUT2D eigenvalue weighted by Crippen LogP contribution is 2.42. The van der Waals surface area contributed by atoms with Crippen molar-refractivity contribution in [3.63, 3.8) is 0 Å². The van der Waals surface area contributed by atoms with Gasteiger partial charge in [0.25, 0.3) is 0 Å². The molecule has 0 spiro atoms. The van der Waals surface area contributed by atoms with E-state index in [1.807, 2.05) is 0 Å². The molecule has 0 fully saturated rings. The fourth-order valence-electron chi connectivity index (χ4n) is 3.13. The summed E-state index contributed by atoms with van der Waals surface area (Å²) < 4.78 is 11.7. The Morgan fingerprint density at radius 2 is 1.17 bits per heavy atom. The number of unbranched alkanes of at least 4 members (excludes halogenated alkanes) is 2. The molecule has 1 aromatic heterocycles. The van der Waals surface area contributed by atoms with Crippen molar-refractivity contribution < 1.29 is 29.3 Å². The number of carbonyl (C=O) groups is 2. The van der Waals surface area contributed by atoms with Crippen molar-refractivity contribution >= 4 is 23.3 Å². The van der Waals surface area contributed by atoms with E-state index in [4.69, 9.17) is 9.47 Å². The number of aromatic carboxylic acids is 2. The third kappa shape index (κ3) is 7.88. The molecule has 166 valence electrons. The van der Waals surface area contributed by atoms with Gasteiger partial charge >= 0.3 is 0 Å². The largest absolute Gasteiger partial charge is 0.544 e. The van der Waals surface area contributed by atoms with Gasteiger partial charge in [-0.25, -0.2) is 0 Å². The van der Waals surface area contributed by atoms with Crippen molar-refractivity contribution in [2.75, 3.05) is 13.2 Å². The monoisotopic (exact) mass is 426 g/mol. The van der Waals surface area contributed by atoms with E-state index in [1.54, 1.807) is 0 Å². The lowest BCUT2D eigenvalue weighted by atomic mass is 10.0. The molecule has 1 rings (SSSR count). The van der Waals surface area contributed by atoms with Crippen molar-refractivity contribution in [3.05, 3.63) is 9.75 Å². The van der Waals surface area contributed by atoms with Crippen LogP contribution in [0.5, 0.6) is 11.5 Å². The molecule has 0 saturated heterocycles. The summed E-state index contributed by atoms with van der Waals surface area (Å²) in [4.78, 5) is 22.6. The first-order chi connectivity index (χ1) is 13.9. The van der Waals surface area contributed by atoms with Gasteiger partial charge in [-0.2, -0.15) is 0 Å². The van der Waals surface area contributed by atoms with Crippen LogP contribution in [0.4, 0.5) is 0 Å². The van der Waals surface area contributed by atoms with Crippen LogP contribution in [0.1, 0.15) is 98.4 Å². The Hall–Kier alpha value is -1.76. The molecule has 0 aliphatic rings. The summed E-state index contributed by atoms with van der Waals surface area (Å²) in [5.74, 6) is -2.48. The number of carboxylic acids is 2. The van der Waals surface area contributed by atoms with Crippen molar-refractivity contribution in [2.24, 2.45) is 11.8 Å². The average Bonchev–Trinajstić information content (AvgIpc) is 3.07. The Labute approximate surface area is 178 Å². The maximum Gasteiger partial charge on any atom is 0.181 e. The van der Waals surface area contributed by atoms with E-state index in [0.29, 0.717) is 24.6 Å². The minimum Gasteiger partial charge on any atom is -0.544 e. The molecule has 7 heteroatoms. The predicted molar refractivity (Wildman–Crippen MR) is 111 cm³/mol. The molecule has 2 atom stereocenters. The van der Waals surface area contributed by atoms with Crippen LogP contribution in [0.15, 0.2) is 0 Å². The summed E-state index contributed by atoms with van der Waals surface area (Å²) >= 11 is 0.583. The van der Waals surface area contributed by atoms with E-state index >= 15 is 0 Å². The zero-order valence-corrected chi connectivity index (χ0v) is 18.9. The van der Waals surface area contributed by atoms with Gasteiger partial charge in [-0.3, -0.25) is 0 Å². The molecule has 0 N–H and O–H groups in total. The van der Waals surface area contributed by atoms with Crippen LogP contribution < -0.4 is 19.7 Å². The average molecular weight is 427 g/mol. The molecule has 0 aromatic carbocycles. The fourth-order valence-corrected chi connectivity index (χ4v) is 3.99. The molecule has 1 aromatic rings. The number of carboxylic acid groups (broad SMARTS) is 2. The van der Waals surface area contributed by atoms with Gasteiger partial charge in [-0.1, -0.05) is 66.2 Å². The van der Waals surface area contributed by atoms with Crippen LogP contribution in [-0.4, -0.2) is 25.2 Å². The van der Waals surface area contributed by atoms with Crippen LogP contribution in [0.3, 0.4) is 0 Å². The van der Waals surface area contributed by atoms with Gasteiger partial charge in [-0.05, 0) is 24.7 Å². The summed E-state index contributed by atoms with van der Waals surface area (Å²) in [6, 6.07) is 0. The Kier molecular flexibility index (Phi) is 11.7. The molecule has 0 aliphatic heterocycles. The first-order valence-electron chi connectivity index (χ1n) is 10.7. The highest BCUT2D eigenvalue weighted by Gasteiger charge is 2.24. The summed E-state index contributed by atoms with van der Waals surface area (Å²) in [7, 11) is 0. The second kappa shape index (κ2) is 13.5. The van der Waals surface area contributed by atoms with E-state index in [0.717, 1.165) is 51.4 Å². The van der Waals surface area contributed by atoms with Crippen molar-refractivity contribution in [1.29, 1.82) is 0 Å². The summed E-state index contributed by atoms with van der Waals surface area (Å²) in [5.41, 5.74) is 0. The van der Waals surface area contributed by atoms with Crippen molar-refractivity contribution in [1.82, 2.24) is 0 Å². The second-order valence-electron chi connectivity index (χ2n) is 7.45. The van der Waals surface area contributed by atoms with E-state index in [2.05, 4.69) is 27.7 Å². The van der Waals surface area contributed by atoms with Gasteiger partial charge in [0.2, 0.25) is 0 Å². The standard InChI is InChI=1S/C22H36O6S/c1-5-9-11-15(7-3)13-27-17-18(28-14-16(8-4)12-10-6-2)20(22(25)26)29-19(17)21(23)24/h15-16H,5-14H2,1-4H3,(H,23,24)(H,25,26)/p-2/t15-,16-/m1/s1. The van der Waals surface area contributed by atoms with E-state index in [9.17, 15) is 19.8 Å². The Morgan fingerprint density at radius 3 is 1.45 bits per heavy atom. The molecule has 0 bridgehead atoms. The molecular formula is C22H34O6S-2. The minimum atomic E-state index is -1.47. The van der Waals surface area contributed by atoms with Crippen LogP contribution in [0.2, 0.25) is 0 Å². The lowest BCUT2D eigenvalue weighted by Gasteiger charge is -2.20. The number of thiophene rings is 1. The predicted octanol–water partition coefficient (Wildman–Crippen LogP) is 3.67. The van der Waals surface area contributed by atoms with Gasteiger partial charge < -0.3 is 29.3 Å². The summed E-state index contributed by atoms with van der Waals surface area (Å²) in [6.07, 6.45) is 7.97. The van der Waals surface area contributed by atoms with Gasteiger partial charge in [-0.15, -0.1) is 11.3 Å². The highest BCUT2D eigenvalue weighted by molar-refractivity contribution is 7.16. The highest BCUT2D eigenvalue weighted by atomic mass is 32.1. The molecule has 6 nitrogen and oxygen atoms in total. The maximum absolute atomic E-state index is 11.6. The van der Waals surface area contributed by atoms with Gasteiger partial charge in [0, 0.05) is 0 Å². The van der Waals surface area contributed by atoms with Gasteiger partial charge in [0.15, 0.2) is 11.5 Å². The summed E-state index contributed by atoms with van der Waals surface area (Å²) in [5, 5.41) is 23.2. The molecule has 0 radical (unpaired) electrons. The maximum atomic E-state index is 11.6. The number of ether oxygens (including phenoxy) is 2. The van der Waals surface area contributed by atoms with Gasteiger partial charge in [0.05, 0.1) is 34.9 Å². The molecule has 0 aliphatic carbocycles. The zero-order valence-electron chi connectivity index (χ0n) is 18.1. The van der Waals surface area contributed by atoms with Crippen molar-refractivity contribution in [3.8, 4) is 11.5 Å². The lowest BCUT2D eigenvalue weighted by molar-refractivity contribution is -0.255. The fraction of sp³-hybridized carbons (Fsp3) is 0.727. The Balaban J connectivity index is 3.09. The van der Waals surface area contributed by atoms with E-state index in [1.165, 1.54) is 0 Å². The molecule has 29 heavy (non-hydrogen) atoms. The normalized spacial score (nSPS) is 13.1. The van der Waals surface area contributed by atoms with E-state index < -0.39 is 11.9 Å². The SMILES string of the molecule is CCCC[C@@H](CC)COc1c(C(=O)[O-])sc(C(=O)[O-])c1OC[C@H](CC)CCCC. The number of carbonyl (C=O) groups excluding carboxylic acids is 2. The Morgan fingerprint density at radius 1 is 0.793 bits per heavy atom. The lowest BCUT2D eigenvalue weighted by Crippen LogP contribution is -2.22. The number of rotatable bonds is 16. The first kappa shape index (κ1) is 25.3. The number of hydrogen-bond acceptors (Lipinski definition) is 7. The van der Waals surface area contributed by atoms with Crippen LogP contribution >= 0.6 is 11.3 Å².